The molecule has 0 aliphatic rings. The maximum absolute atomic E-state index is 13.6. The molecule has 19 heteroatoms. The fraction of sp³-hybridized carbons (Fsp3) is 0.471. The van der Waals surface area contributed by atoms with Gasteiger partial charge in [-0.15, -0.1) is 0 Å². The van der Waals surface area contributed by atoms with Crippen molar-refractivity contribution in [1.82, 2.24) is 31.9 Å². The van der Waals surface area contributed by atoms with Crippen LogP contribution in [0.5, 0.6) is 0 Å². The van der Waals surface area contributed by atoms with Gasteiger partial charge in [0.15, 0.2) is 0 Å². The predicted octanol–water partition coefficient (Wildman–Crippen LogP) is -3.74. The van der Waals surface area contributed by atoms with E-state index in [0.717, 1.165) is 10.8 Å². The van der Waals surface area contributed by atoms with Crippen molar-refractivity contribution in [1.29, 1.82) is 0 Å². The average Bonchev–Trinajstić information content (AvgIpc) is 3.10. The van der Waals surface area contributed by atoms with Gasteiger partial charge in [-0.05, 0) is 28.7 Å². The number of carboxylic acids is 1. The standard InChI is InChI=1S/C34H48N8O11/c1-18(2)29(33(51)38-16-28(47)37-10-5-11-43)42-32(50)25(17-44)41-31(49)24(15-26(36)45)40-30(48)23(39-27(46)14-22(35)34(52)53)13-19-8-9-20-6-3-4-7-21(20)12-19/h3-4,6-9,12,18,22-25,29,43-44H,5,10-11,13-17,35H2,1-2H3,(H2,36,45)(H,37,47)(H,38,51)(H,39,46)(H,40,48)(H,41,49)(H,42,50)(H,52,53)/t22-,23?,24?,25-,29?/m0/s1. The van der Waals surface area contributed by atoms with Crippen molar-refractivity contribution in [3.63, 3.8) is 0 Å². The number of rotatable bonds is 22. The van der Waals surface area contributed by atoms with Gasteiger partial charge in [0, 0.05) is 19.6 Å². The second-order valence-electron chi connectivity index (χ2n) is 12.5. The molecular weight excluding hydrogens is 696 g/mol. The molecule has 0 heterocycles. The van der Waals surface area contributed by atoms with Crippen LogP contribution in [0.3, 0.4) is 0 Å². The van der Waals surface area contributed by atoms with Gasteiger partial charge in [-0.3, -0.25) is 38.4 Å². The molecule has 0 radical (unpaired) electrons. The number of fused-ring (bicyclic) bond motifs is 1. The number of carbonyl (C=O) groups is 8. The zero-order chi connectivity index (χ0) is 39.7. The summed E-state index contributed by atoms with van der Waals surface area (Å²) in [5.41, 5.74) is 11.4. The summed E-state index contributed by atoms with van der Waals surface area (Å²) < 4.78 is 0. The summed E-state index contributed by atoms with van der Waals surface area (Å²) >= 11 is 0. The largest absolute Gasteiger partial charge is 0.480 e. The smallest absolute Gasteiger partial charge is 0.321 e. The molecule has 5 atom stereocenters. The van der Waals surface area contributed by atoms with Crippen LogP contribution in [0.4, 0.5) is 0 Å². The number of nitrogens with two attached hydrogens (primary N) is 2. The summed E-state index contributed by atoms with van der Waals surface area (Å²) in [5, 5.41) is 43.9. The van der Waals surface area contributed by atoms with Crippen LogP contribution in [-0.4, -0.2) is 119 Å². The van der Waals surface area contributed by atoms with Crippen molar-refractivity contribution in [3.8, 4) is 0 Å². The van der Waals surface area contributed by atoms with E-state index in [1.165, 1.54) is 0 Å². The molecule has 0 saturated carbocycles. The molecule has 3 unspecified atom stereocenters. The van der Waals surface area contributed by atoms with E-state index in [1.807, 2.05) is 18.2 Å². The Morgan fingerprint density at radius 3 is 1.94 bits per heavy atom. The quantitative estimate of drug-likeness (QED) is 0.0519. The minimum Gasteiger partial charge on any atom is -0.480 e. The zero-order valence-corrected chi connectivity index (χ0v) is 29.4. The summed E-state index contributed by atoms with van der Waals surface area (Å²) in [6, 6.07) is 5.00. The Bertz CT molecular complexity index is 1640. The first-order valence-electron chi connectivity index (χ1n) is 16.8. The third-order valence-electron chi connectivity index (χ3n) is 7.81. The van der Waals surface area contributed by atoms with Crippen LogP contribution in [0.1, 0.15) is 38.7 Å². The third-order valence-corrected chi connectivity index (χ3v) is 7.81. The molecule has 0 aliphatic heterocycles. The summed E-state index contributed by atoms with van der Waals surface area (Å²) in [6.07, 6.45) is -1.27. The van der Waals surface area contributed by atoms with Crippen LogP contribution in [0.2, 0.25) is 0 Å². The van der Waals surface area contributed by atoms with E-state index in [4.69, 9.17) is 21.7 Å². The van der Waals surface area contributed by atoms with Crippen LogP contribution in [0, 0.1) is 5.92 Å². The normalized spacial score (nSPS) is 13.8. The van der Waals surface area contributed by atoms with Gasteiger partial charge in [0.05, 0.1) is 26.0 Å². The number of hydrogen-bond acceptors (Lipinski definition) is 11. The van der Waals surface area contributed by atoms with Crippen molar-refractivity contribution in [2.75, 3.05) is 26.3 Å². The first-order chi connectivity index (χ1) is 25.1. The van der Waals surface area contributed by atoms with Gasteiger partial charge in [0.2, 0.25) is 41.4 Å². The Balaban J connectivity index is 2.22. The van der Waals surface area contributed by atoms with Crippen LogP contribution < -0.4 is 43.4 Å². The van der Waals surface area contributed by atoms with E-state index < -0.39 is 109 Å². The van der Waals surface area contributed by atoms with Crippen molar-refractivity contribution < 1.29 is 53.7 Å². The molecule has 2 rings (SSSR count). The van der Waals surface area contributed by atoms with Gasteiger partial charge in [-0.1, -0.05) is 56.3 Å². The highest BCUT2D eigenvalue weighted by Gasteiger charge is 2.33. The van der Waals surface area contributed by atoms with Gasteiger partial charge >= 0.3 is 5.97 Å². The van der Waals surface area contributed by atoms with Crippen LogP contribution in [0.25, 0.3) is 10.8 Å². The highest BCUT2D eigenvalue weighted by Crippen LogP contribution is 2.17. The maximum Gasteiger partial charge on any atom is 0.321 e. The van der Waals surface area contributed by atoms with Crippen LogP contribution in [-0.2, 0) is 44.8 Å². The minimum atomic E-state index is -1.72. The molecule has 0 fully saturated rings. The van der Waals surface area contributed by atoms with Crippen molar-refractivity contribution in [2.45, 2.75) is 69.7 Å². The second-order valence-corrected chi connectivity index (χ2v) is 12.5. The molecule has 2 aromatic carbocycles. The second kappa shape index (κ2) is 21.6. The number of aliphatic carboxylic acids is 1. The summed E-state index contributed by atoms with van der Waals surface area (Å²) in [7, 11) is 0. The fourth-order valence-corrected chi connectivity index (χ4v) is 4.94. The van der Waals surface area contributed by atoms with Crippen LogP contribution >= 0.6 is 0 Å². The summed E-state index contributed by atoms with van der Waals surface area (Å²) in [5.74, 6) is -8.28. The number of hydrogen-bond donors (Lipinski definition) is 11. The summed E-state index contributed by atoms with van der Waals surface area (Å²) in [4.78, 5) is 101. The molecule has 0 aromatic heterocycles. The maximum atomic E-state index is 13.6. The molecule has 0 bridgehead atoms. The first-order valence-corrected chi connectivity index (χ1v) is 16.8. The topological polar surface area (TPSA) is 321 Å². The lowest BCUT2D eigenvalue weighted by molar-refractivity contribution is -0.140. The Hall–Kier alpha value is -5.66. The number of aliphatic hydroxyl groups is 2. The SMILES string of the molecule is CC(C)C(NC(=O)[C@H](CO)NC(=O)C(CC(N)=O)NC(=O)C(Cc1ccc2ccccc2c1)NC(=O)C[C@H](N)C(=O)O)C(=O)NCC(=O)NCCCO. The lowest BCUT2D eigenvalue weighted by atomic mass is 10.00. The van der Waals surface area contributed by atoms with E-state index in [2.05, 4.69) is 31.9 Å². The van der Waals surface area contributed by atoms with Gasteiger partial charge in [-0.2, -0.15) is 0 Å². The predicted molar refractivity (Wildman–Crippen MR) is 189 cm³/mol. The van der Waals surface area contributed by atoms with E-state index in [1.54, 1.807) is 38.1 Å². The third kappa shape index (κ3) is 14.8. The Morgan fingerprint density at radius 2 is 1.34 bits per heavy atom. The highest BCUT2D eigenvalue weighted by atomic mass is 16.4. The number of amides is 7. The molecule has 53 heavy (non-hydrogen) atoms. The number of aliphatic hydroxyl groups excluding tert-OH is 2. The van der Waals surface area contributed by atoms with Crippen molar-refractivity contribution in [3.05, 3.63) is 48.0 Å². The summed E-state index contributed by atoms with van der Waals surface area (Å²) in [6.45, 7) is 1.85. The molecule has 7 amide bonds. The first kappa shape index (κ1) is 43.5. The van der Waals surface area contributed by atoms with E-state index in [-0.39, 0.29) is 19.6 Å². The molecule has 290 valence electrons. The van der Waals surface area contributed by atoms with E-state index in [9.17, 15) is 43.5 Å². The van der Waals surface area contributed by atoms with Gasteiger partial charge in [0.25, 0.3) is 0 Å². The Kier molecular flexibility index (Phi) is 17.8. The molecule has 0 spiro atoms. The molecule has 19 nitrogen and oxygen atoms in total. The van der Waals surface area contributed by atoms with Gasteiger partial charge in [-0.25, -0.2) is 0 Å². The Morgan fingerprint density at radius 1 is 0.717 bits per heavy atom. The zero-order valence-electron chi connectivity index (χ0n) is 29.4. The Labute approximate surface area is 305 Å². The number of nitrogens with one attached hydrogen (secondary N) is 6. The molecular formula is C34H48N8O11. The number of carbonyl (C=O) groups excluding carboxylic acids is 7. The van der Waals surface area contributed by atoms with Crippen molar-refractivity contribution >= 4 is 58.1 Å². The monoisotopic (exact) mass is 744 g/mol. The molecule has 13 N–H and O–H groups in total. The van der Waals surface area contributed by atoms with E-state index in [0.29, 0.717) is 12.0 Å². The lowest BCUT2D eigenvalue weighted by Gasteiger charge is -2.26. The lowest BCUT2D eigenvalue weighted by Crippen LogP contribution is -2.60. The number of primary amides is 1. The van der Waals surface area contributed by atoms with Crippen molar-refractivity contribution in [2.24, 2.45) is 17.4 Å². The van der Waals surface area contributed by atoms with E-state index >= 15 is 0 Å². The minimum absolute atomic E-state index is 0.136. The molecule has 0 aliphatic carbocycles. The number of carboxylic acid groups (broad SMARTS) is 1. The highest BCUT2D eigenvalue weighted by molar-refractivity contribution is 5.98. The molecule has 0 saturated heterocycles. The molecule has 2 aromatic rings. The van der Waals surface area contributed by atoms with Gasteiger partial charge in [0.1, 0.15) is 30.2 Å². The average molecular weight is 745 g/mol. The fourth-order valence-electron chi connectivity index (χ4n) is 4.94. The number of benzene rings is 2. The van der Waals surface area contributed by atoms with Gasteiger partial charge < -0.3 is 58.7 Å². The van der Waals surface area contributed by atoms with Crippen LogP contribution in [0.15, 0.2) is 42.5 Å².